The third kappa shape index (κ3) is 2.03. The van der Waals surface area contributed by atoms with Gasteiger partial charge in [0.15, 0.2) is 5.75 Å². The van der Waals surface area contributed by atoms with Crippen molar-refractivity contribution in [3.63, 3.8) is 0 Å². The first-order valence-electron chi connectivity index (χ1n) is 8.38. The van der Waals surface area contributed by atoms with Crippen LogP contribution < -0.4 is 15.0 Å². The lowest BCUT2D eigenvalue weighted by Crippen LogP contribution is -2.36. The van der Waals surface area contributed by atoms with Crippen LogP contribution in [0, 0.1) is 13.8 Å². The van der Waals surface area contributed by atoms with Crippen molar-refractivity contribution in [3.8, 4) is 16.9 Å². The highest BCUT2D eigenvalue weighted by molar-refractivity contribution is 5.91. The quantitative estimate of drug-likeness (QED) is 0.771. The second-order valence-electron chi connectivity index (χ2n) is 6.42. The smallest absolute Gasteiger partial charge is 0.152 e. The van der Waals surface area contributed by atoms with Crippen LogP contribution in [-0.2, 0) is 0 Å². The van der Waals surface area contributed by atoms with Crippen molar-refractivity contribution in [1.29, 1.82) is 0 Å². The number of aryl methyl sites for hydroxylation is 2. The minimum absolute atomic E-state index is 0.0994. The minimum atomic E-state index is 0.0994. The average molecular weight is 334 g/mol. The fourth-order valence-corrected chi connectivity index (χ4v) is 3.80. The van der Waals surface area contributed by atoms with Gasteiger partial charge in [-0.1, -0.05) is 11.2 Å². The van der Waals surface area contributed by atoms with E-state index in [1.807, 2.05) is 32.2 Å². The summed E-state index contributed by atoms with van der Waals surface area (Å²) in [4.78, 5) is 6.85. The van der Waals surface area contributed by atoms with E-state index < -0.39 is 0 Å². The number of nitrogens with one attached hydrogen (secondary N) is 1. The molecule has 1 aromatic carbocycles. The van der Waals surface area contributed by atoms with Crippen LogP contribution in [0.4, 0.5) is 11.4 Å². The molecule has 4 heterocycles. The molecule has 6 nitrogen and oxygen atoms in total. The Balaban J connectivity index is 1.66. The number of nitrogens with zero attached hydrogens (tertiary/aromatic N) is 3. The van der Waals surface area contributed by atoms with Gasteiger partial charge in [0.25, 0.3) is 0 Å². The van der Waals surface area contributed by atoms with Crippen molar-refractivity contribution in [3.05, 3.63) is 53.7 Å². The number of rotatable bonds is 2. The highest BCUT2D eigenvalue weighted by Crippen LogP contribution is 2.52. The molecule has 0 bridgehead atoms. The van der Waals surface area contributed by atoms with Gasteiger partial charge in [-0.25, -0.2) is 0 Å². The van der Waals surface area contributed by atoms with Crippen LogP contribution in [0.15, 0.2) is 41.1 Å². The standard InChI is InChI=1S/C19H18N4O2/c1-11-17(12(2)25-22-11)13-6-7-15-18-19(13)24-9-16(23(18)10-21-15)14-5-3-4-8-20-14/h3-8,16,21H,9-10H2,1-2H3. The molecular formula is C19H18N4O2. The first-order chi connectivity index (χ1) is 12.2. The molecule has 0 fully saturated rings. The van der Waals surface area contributed by atoms with E-state index >= 15 is 0 Å². The highest BCUT2D eigenvalue weighted by atomic mass is 16.5. The van der Waals surface area contributed by atoms with Crippen molar-refractivity contribution in [2.45, 2.75) is 19.9 Å². The van der Waals surface area contributed by atoms with E-state index in [0.29, 0.717) is 6.61 Å². The van der Waals surface area contributed by atoms with Gasteiger partial charge >= 0.3 is 0 Å². The Bertz CT molecular complexity index is 932. The monoisotopic (exact) mass is 334 g/mol. The van der Waals surface area contributed by atoms with E-state index in [1.165, 1.54) is 0 Å². The molecule has 1 unspecified atom stereocenters. The predicted octanol–water partition coefficient (Wildman–Crippen LogP) is 3.68. The van der Waals surface area contributed by atoms with Gasteiger partial charge in [-0.05, 0) is 38.1 Å². The van der Waals surface area contributed by atoms with Gasteiger partial charge in [0, 0.05) is 11.8 Å². The van der Waals surface area contributed by atoms with Gasteiger partial charge in [-0.2, -0.15) is 0 Å². The minimum Gasteiger partial charge on any atom is -0.488 e. The molecule has 25 heavy (non-hydrogen) atoms. The average Bonchev–Trinajstić information content (AvgIpc) is 3.22. The number of hydrogen-bond acceptors (Lipinski definition) is 6. The molecule has 0 radical (unpaired) electrons. The second kappa shape index (κ2) is 5.24. The van der Waals surface area contributed by atoms with E-state index in [-0.39, 0.29) is 6.04 Å². The molecule has 1 atom stereocenters. The number of pyridine rings is 1. The van der Waals surface area contributed by atoms with Gasteiger partial charge in [0.1, 0.15) is 24.1 Å². The van der Waals surface area contributed by atoms with Gasteiger partial charge in [-0.15, -0.1) is 0 Å². The van der Waals surface area contributed by atoms with Crippen molar-refractivity contribution in [2.24, 2.45) is 0 Å². The molecule has 126 valence electrons. The van der Waals surface area contributed by atoms with Crippen molar-refractivity contribution in [2.75, 3.05) is 23.5 Å². The Morgan fingerprint density at radius 3 is 2.88 bits per heavy atom. The molecule has 0 amide bonds. The third-order valence-corrected chi connectivity index (χ3v) is 4.95. The molecule has 1 N–H and O–H groups in total. The van der Waals surface area contributed by atoms with Crippen molar-refractivity contribution < 1.29 is 9.26 Å². The molecule has 0 aliphatic carbocycles. The number of hydrogen-bond donors (Lipinski definition) is 1. The Morgan fingerprint density at radius 2 is 2.12 bits per heavy atom. The number of benzene rings is 1. The van der Waals surface area contributed by atoms with E-state index in [1.54, 1.807) is 0 Å². The summed E-state index contributed by atoms with van der Waals surface area (Å²) >= 11 is 0. The van der Waals surface area contributed by atoms with E-state index in [4.69, 9.17) is 9.26 Å². The lowest BCUT2D eigenvalue weighted by molar-refractivity contribution is 0.266. The van der Waals surface area contributed by atoms with Gasteiger partial charge in [-0.3, -0.25) is 4.98 Å². The van der Waals surface area contributed by atoms with Crippen LogP contribution in [-0.4, -0.2) is 23.4 Å². The predicted molar refractivity (Wildman–Crippen MR) is 94.9 cm³/mol. The molecule has 6 heteroatoms. The maximum absolute atomic E-state index is 6.26. The molecule has 5 rings (SSSR count). The van der Waals surface area contributed by atoms with Crippen LogP contribution in [0.3, 0.4) is 0 Å². The summed E-state index contributed by atoms with van der Waals surface area (Å²) in [6, 6.07) is 10.3. The largest absolute Gasteiger partial charge is 0.488 e. The highest BCUT2D eigenvalue weighted by Gasteiger charge is 2.37. The molecule has 2 aliphatic heterocycles. The first-order valence-corrected chi connectivity index (χ1v) is 8.38. The molecule has 2 aliphatic rings. The third-order valence-electron chi connectivity index (χ3n) is 4.95. The summed E-state index contributed by atoms with van der Waals surface area (Å²) in [5, 5.41) is 7.55. The van der Waals surface area contributed by atoms with E-state index in [9.17, 15) is 0 Å². The fraction of sp³-hybridized carbons (Fsp3) is 0.263. The zero-order valence-electron chi connectivity index (χ0n) is 14.1. The fourth-order valence-electron chi connectivity index (χ4n) is 3.80. The number of aromatic nitrogens is 2. The summed E-state index contributed by atoms with van der Waals surface area (Å²) in [6.45, 7) is 5.20. The van der Waals surface area contributed by atoms with Crippen LogP contribution >= 0.6 is 0 Å². The van der Waals surface area contributed by atoms with Crippen LogP contribution in [0.25, 0.3) is 11.1 Å². The van der Waals surface area contributed by atoms with Gasteiger partial charge in [0.05, 0.1) is 29.3 Å². The maximum atomic E-state index is 6.26. The molecule has 3 aromatic rings. The normalized spacial score (nSPS) is 17.8. The topological polar surface area (TPSA) is 63.4 Å². The summed E-state index contributed by atoms with van der Waals surface area (Å²) in [7, 11) is 0. The lowest BCUT2D eigenvalue weighted by Gasteiger charge is -2.35. The lowest BCUT2D eigenvalue weighted by atomic mass is 9.99. The zero-order chi connectivity index (χ0) is 17.0. The maximum Gasteiger partial charge on any atom is 0.152 e. The summed E-state index contributed by atoms with van der Waals surface area (Å²) < 4.78 is 11.6. The molecular weight excluding hydrogens is 316 g/mol. The summed E-state index contributed by atoms with van der Waals surface area (Å²) in [5.41, 5.74) is 6.13. The van der Waals surface area contributed by atoms with Gasteiger partial charge < -0.3 is 19.5 Å². The first kappa shape index (κ1) is 14.3. The molecule has 0 saturated carbocycles. The van der Waals surface area contributed by atoms with E-state index in [2.05, 4.69) is 38.6 Å². The summed E-state index contributed by atoms with van der Waals surface area (Å²) in [6.07, 6.45) is 1.83. The zero-order valence-corrected chi connectivity index (χ0v) is 14.1. The van der Waals surface area contributed by atoms with Crippen LogP contribution in [0.2, 0.25) is 0 Å². The Morgan fingerprint density at radius 1 is 1.20 bits per heavy atom. The molecule has 2 aromatic heterocycles. The molecule has 0 saturated heterocycles. The Kier molecular flexibility index (Phi) is 3.00. The SMILES string of the molecule is Cc1noc(C)c1-c1ccc2c3c1OCC(c1ccccn1)N3CN2. The number of ether oxygens (including phenoxy) is 1. The van der Waals surface area contributed by atoms with Crippen molar-refractivity contribution in [1.82, 2.24) is 10.1 Å². The molecule has 0 spiro atoms. The Labute approximate surface area is 145 Å². The second-order valence-corrected chi connectivity index (χ2v) is 6.42. The summed E-state index contributed by atoms with van der Waals surface area (Å²) in [5.74, 6) is 1.70. The van der Waals surface area contributed by atoms with Gasteiger partial charge in [0.2, 0.25) is 0 Å². The van der Waals surface area contributed by atoms with Crippen LogP contribution in [0.5, 0.6) is 5.75 Å². The Hall–Kier alpha value is -3.02. The van der Waals surface area contributed by atoms with E-state index in [0.717, 1.165) is 52.1 Å². The van der Waals surface area contributed by atoms with Crippen molar-refractivity contribution >= 4 is 11.4 Å². The number of anilines is 2. The van der Waals surface area contributed by atoms with Crippen LogP contribution in [0.1, 0.15) is 23.2 Å².